The van der Waals surface area contributed by atoms with Crippen LogP contribution in [-0.2, 0) is 11.2 Å². The molecule has 2 aromatic heterocycles. The standard InChI is InChI=1S/C18H24N4O3/c1-13-15(14(2)25-21-13)10-17(23)20-11-18(24)7-5-9-22(12-18)16-6-3-4-8-19-16/h3-4,6,8,24H,5,7,9-12H2,1-2H3,(H,20,23)/t18-/m0/s1. The van der Waals surface area contributed by atoms with Gasteiger partial charge >= 0.3 is 0 Å². The van der Waals surface area contributed by atoms with Gasteiger partial charge in [0.15, 0.2) is 0 Å². The smallest absolute Gasteiger partial charge is 0.224 e. The van der Waals surface area contributed by atoms with Crippen molar-refractivity contribution in [2.45, 2.75) is 38.7 Å². The van der Waals surface area contributed by atoms with Crippen molar-refractivity contribution in [1.29, 1.82) is 0 Å². The first kappa shape index (κ1) is 17.4. The SMILES string of the molecule is Cc1noc(C)c1CC(=O)NC[C@@]1(O)CCCN(c2ccccn2)C1. The number of piperidine rings is 1. The Kier molecular flexibility index (Phi) is 5.03. The van der Waals surface area contributed by atoms with Crippen LogP contribution >= 0.6 is 0 Å². The normalized spacial score (nSPS) is 20.5. The molecule has 0 aliphatic carbocycles. The summed E-state index contributed by atoms with van der Waals surface area (Å²) in [5, 5.41) is 17.6. The quantitative estimate of drug-likeness (QED) is 0.851. The zero-order valence-corrected chi connectivity index (χ0v) is 14.7. The van der Waals surface area contributed by atoms with Gasteiger partial charge < -0.3 is 19.8 Å². The molecule has 134 valence electrons. The number of hydrogen-bond acceptors (Lipinski definition) is 6. The van der Waals surface area contributed by atoms with Gasteiger partial charge in [0, 0.05) is 31.4 Å². The van der Waals surface area contributed by atoms with Gasteiger partial charge in [-0.1, -0.05) is 11.2 Å². The monoisotopic (exact) mass is 344 g/mol. The number of nitrogens with zero attached hydrogens (tertiary/aromatic N) is 3. The molecular formula is C18H24N4O3. The van der Waals surface area contributed by atoms with Crippen molar-refractivity contribution in [2.75, 3.05) is 24.5 Å². The van der Waals surface area contributed by atoms with Crippen LogP contribution in [0.5, 0.6) is 0 Å². The number of aromatic nitrogens is 2. The number of aryl methyl sites for hydroxylation is 2. The van der Waals surface area contributed by atoms with Crippen LogP contribution in [0.15, 0.2) is 28.9 Å². The van der Waals surface area contributed by atoms with Crippen LogP contribution in [0.1, 0.15) is 29.9 Å². The van der Waals surface area contributed by atoms with E-state index in [0.29, 0.717) is 18.7 Å². The fraction of sp³-hybridized carbons (Fsp3) is 0.500. The maximum absolute atomic E-state index is 12.2. The number of rotatable bonds is 5. The molecule has 0 aromatic carbocycles. The second-order valence-corrected chi connectivity index (χ2v) is 6.69. The van der Waals surface area contributed by atoms with E-state index in [2.05, 4.69) is 20.4 Å². The highest BCUT2D eigenvalue weighted by molar-refractivity contribution is 5.79. The third kappa shape index (κ3) is 4.17. The third-order valence-corrected chi connectivity index (χ3v) is 4.66. The molecule has 0 radical (unpaired) electrons. The van der Waals surface area contributed by atoms with Gasteiger partial charge in [0.1, 0.15) is 11.6 Å². The van der Waals surface area contributed by atoms with E-state index in [1.165, 1.54) is 0 Å². The number of amides is 1. The lowest BCUT2D eigenvalue weighted by atomic mass is 9.92. The number of nitrogens with one attached hydrogen (secondary N) is 1. The summed E-state index contributed by atoms with van der Waals surface area (Å²) in [5.41, 5.74) is 0.582. The highest BCUT2D eigenvalue weighted by Gasteiger charge is 2.34. The Labute approximate surface area is 147 Å². The summed E-state index contributed by atoms with van der Waals surface area (Å²) in [7, 11) is 0. The Balaban J connectivity index is 1.57. The van der Waals surface area contributed by atoms with E-state index in [0.717, 1.165) is 30.0 Å². The first-order valence-corrected chi connectivity index (χ1v) is 8.54. The molecule has 2 N–H and O–H groups in total. The minimum atomic E-state index is -0.954. The number of hydrogen-bond donors (Lipinski definition) is 2. The Bertz CT molecular complexity index is 712. The van der Waals surface area contributed by atoms with Crippen LogP contribution in [0.4, 0.5) is 5.82 Å². The zero-order valence-electron chi connectivity index (χ0n) is 14.7. The Morgan fingerprint density at radius 1 is 1.44 bits per heavy atom. The van der Waals surface area contributed by atoms with Gasteiger partial charge in [-0.15, -0.1) is 0 Å². The number of carbonyl (C=O) groups excluding carboxylic acids is 1. The summed E-state index contributed by atoms with van der Waals surface area (Å²) in [4.78, 5) is 18.6. The second kappa shape index (κ2) is 7.23. The van der Waals surface area contributed by atoms with Crippen LogP contribution in [0.2, 0.25) is 0 Å². The molecule has 7 nitrogen and oxygen atoms in total. The summed E-state index contributed by atoms with van der Waals surface area (Å²) >= 11 is 0. The lowest BCUT2D eigenvalue weighted by Gasteiger charge is -2.39. The van der Waals surface area contributed by atoms with E-state index in [-0.39, 0.29) is 18.9 Å². The molecule has 1 amide bonds. The van der Waals surface area contributed by atoms with Crippen LogP contribution in [0.3, 0.4) is 0 Å². The maximum Gasteiger partial charge on any atom is 0.224 e. The van der Waals surface area contributed by atoms with Gasteiger partial charge in [-0.05, 0) is 38.8 Å². The average molecular weight is 344 g/mol. The lowest BCUT2D eigenvalue weighted by molar-refractivity contribution is -0.121. The van der Waals surface area contributed by atoms with E-state index in [1.807, 2.05) is 25.1 Å². The minimum absolute atomic E-state index is 0.141. The van der Waals surface area contributed by atoms with Crippen LogP contribution in [-0.4, -0.2) is 46.4 Å². The highest BCUT2D eigenvalue weighted by Crippen LogP contribution is 2.24. The van der Waals surface area contributed by atoms with Crippen molar-refractivity contribution in [1.82, 2.24) is 15.5 Å². The van der Waals surface area contributed by atoms with E-state index >= 15 is 0 Å². The molecule has 1 aliphatic rings. The van der Waals surface area contributed by atoms with Crippen molar-refractivity contribution in [3.05, 3.63) is 41.4 Å². The molecule has 3 rings (SSSR count). The van der Waals surface area contributed by atoms with E-state index in [9.17, 15) is 9.90 Å². The lowest BCUT2D eigenvalue weighted by Crippen LogP contribution is -2.54. The second-order valence-electron chi connectivity index (χ2n) is 6.69. The molecule has 0 unspecified atom stereocenters. The molecule has 3 heterocycles. The molecular weight excluding hydrogens is 320 g/mol. The van der Waals surface area contributed by atoms with E-state index < -0.39 is 5.60 Å². The largest absolute Gasteiger partial charge is 0.386 e. The summed E-state index contributed by atoms with van der Waals surface area (Å²) in [6.45, 7) is 5.14. The number of anilines is 1. The molecule has 1 aliphatic heterocycles. The fourth-order valence-corrected chi connectivity index (χ4v) is 3.23. The fourth-order valence-electron chi connectivity index (χ4n) is 3.23. The van der Waals surface area contributed by atoms with E-state index in [1.54, 1.807) is 13.1 Å². The summed E-state index contributed by atoms with van der Waals surface area (Å²) in [6.07, 6.45) is 3.46. The van der Waals surface area contributed by atoms with Gasteiger partial charge in [0.2, 0.25) is 5.91 Å². The van der Waals surface area contributed by atoms with Gasteiger partial charge in [-0.2, -0.15) is 0 Å². The molecule has 25 heavy (non-hydrogen) atoms. The van der Waals surface area contributed by atoms with Crippen molar-refractivity contribution in [3.63, 3.8) is 0 Å². The van der Waals surface area contributed by atoms with Gasteiger partial charge in [0.25, 0.3) is 0 Å². The number of aliphatic hydroxyl groups is 1. The summed E-state index contributed by atoms with van der Waals surface area (Å²) in [6, 6.07) is 5.73. The molecule has 0 saturated carbocycles. The third-order valence-electron chi connectivity index (χ3n) is 4.66. The summed E-state index contributed by atoms with van der Waals surface area (Å²) in [5.74, 6) is 1.37. The molecule has 1 atom stereocenters. The molecule has 0 spiro atoms. The van der Waals surface area contributed by atoms with E-state index in [4.69, 9.17) is 4.52 Å². The van der Waals surface area contributed by atoms with Crippen molar-refractivity contribution in [2.24, 2.45) is 0 Å². The van der Waals surface area contributed by atoms with Crippen LogP contribution < -0.4 is 10.2 Å². The molecule has 1 saturated heterocycles. The van der Waals surface area contributed by atoms with Gasteiger partial charge in [-0.25, -0.2) is 4.98 Å². The van der Waals surface area contributed by atoms with Crippen LogP contribution in [0, 0.1) is 13.8 Å². The molecule has 2 aromatic rings. The minimum Gasteiger partial charge on any atom is -0.386 e. The van der Waals surface area contributed by atoms with Gasteiger partial charge in [0.05, 0.1) is 17.7 Å². The average Bonchev–Trinajstić information content (AvgIpc) is 2.93. The van der Waals surface area contributed by atoms with Gasteiger partial charge in [-0.3, -0.25) is 4.79 Å². The molecule has 1 fully saturated rings. The first-order valence-electron chi connectivity index (χ1n) is 8.54. The van der Waals surface area contributed by atoms with Crippen molar-refractivity contribution in [3.8, 4) is 0 Å². The predicted octanol–water partition coefficient (Wildman–Crippen LogP) is 1.38. The topological polar surface area (TPSA) is 91.5 Å². The number of pyridine rings is 1. The molecule has 7 heteroatoms. The van der Waals surface area contributed by atoms with Crippen LogP contribution in [0.25, 0.3) is 0 Å². The number of carbonyl (C=O) groups is 1. The maximum atomic E-state index is 12.2. The highest BCUT2D eigenvalue weighted by atomic mass is 16.5. The molecule has 0 bridgehead atoms. The first-order chi connectivity index (χ1) is 12.0. The van der Waals surface area contributed by atoms with Crippen molar-refractivity contribution >= 4 is 11.7 Å². The van der Waals surface area contributed by atoms with Crippen molar-refractivity contribution < 1.29 is 14.4 Å². The Morgan fingerprint density at radius 2 is 2.28 bits per heavy atom. The Hall–Kier alpha value is -2.41. The number of β-amino-alcohol motifs (C(OH)–C–C–N with tert-alkyl or cyclic N) is 1. The summed E-state index contributed by atoms with van der Waals surface area (Å²) < 4.78 is 5.08. The predicted molar refractivity (Wildman–Crippen MR) is 93.3 cm³/mol. The Morgan fingerprint density at radius 3 is 2.96 bits per heavy atom. The zero-order chi connectivity index (χ0) is 17.9.